The molecule has 15 nitrogen and oxygen atoms in total. The summed E-state index contributed by atoms with van der Waals surface area (Å²) in [7, 11) is 4.15. The van der Waals surface area contributed by atoms with Gasteiger partial charge in [-0.25, -0.2) is 0 Å². The first kappa shape index (κ1) is 56.7. The van der Waals surface area contributed by atoms with E-state index in [1.54, 1.807) is 30.2 Å². The molecule has 7 aliphatic carbocycles. The van der Waals surface area contributed by atoms with Gasteiger partial charge in [-0.2, -0.15) is 0 Å². The van der Waals surface area contributed by atoms with E-state index in [2.05, 4.69) is 32.2 Å². The number of aryl methyl sites for hydroxylation is 1. The molecule has 1 aromatic rings. The number of hydrogen-bond acceptors (Lipinski definition) is 16. The van der Waals surface area contributed by atoms with Crippen molar-refractivity contribution < 1.29 is 65.0 Å². The van der Waals surface area contributed by atoms with Crippen LogP contribution in [0.25, 0.3) is 0 Å². The van der Waals surface area contributed by atoms with E-state index in [0.717, 1.165) is 42.2 Å². The first-order valence-corrected chi connectivity index (χ1v) is 31.7. The quantitative estimate of drug-likeness (QED) is 0.0541. The minimum atomic E-state index is -2.03. The number of hydrogen-bond donors (Lipinski definition) is 10. The van der Waals surface area contributed by atoms with Crippen LogP contribution in [0.3, 0.4) is 0 Å². The number of aromatic hydroxyl groups is 1. The topological polar surface area (TPSA) is 253 Å². The smallest absolute Gasteiger partial charge is 0.234 e. The lowest BCUT2D eigenvalue weighted by Crippen LogP contribution is -2.72. The van der Waals surface area contributed by atoms with E-state index in [4.69, 9.17) is 9.47 Å². The highest BCUT2D eigenvalue weighted by molar-refractivity contribution is 8.76. The monoisotopic (exact) mass is 1110 g/mol. The van der Waals surface area contributed by atoms with Gasteiger partial charge in [-0.3, -0.25) is 9.59 Å². The van der Waals surface area contributed by atoms with Crippen molar-refractivity contribution >= 4 is 39.0 Å². The van der Waals surface area contributed by atoms with Crippen molar-refractivity contribution in [3.63, 3.8) is 0 Å². The van der Waals surface area contributed by atoms with Gasteiger partial charge >= 0.3 is 0 Å². The number of ketones is 1. The van der Waals surface area contributed by atoms with Gasteiger partial charge in [0.1, 0.15) is 28.5 Å². The zero-order valence-electron chi connectivity index (χ0n) is 45.9. The highest BCUT2D eigenvalue weighted by Crippen LogP contribution is 2.77. The summed E-state index contributed by atoms with van der Waals surface area (Å²) < 4.78 is 11.8. The van der Waals surface area contributed by atoms with Crippen LogP contribution in [0.2, 0.25) is 0 Å². The normalized spacial score (nSPS) is 47.5. The Labute approximate surface area is 462 Å². The van der Waals surface area contributed by atoms with Crippen molar-refractivity contribution in [2.24, 2.45) is 74.4 Å². The first-order chi connectivity index (χ1) is 36.6. The van der Waals surface area contributed by atoms with Crippen molar-refractivity contribution in [3.8, 4) is 5.75 Å². The second kappa shape index (κ2) is 20.4. The highest BCUT2D eigenvalue weighted by atomic mass is 33.1. The predicted octanol–water partition coefficient (Wildman–Crippen LogP) is 5.45. The Morgan fingerprint density at radius 1 is 0.987 bits per heavy atom. The zero-order valence-corrected chi connectivity index (χ0v) is 47.6. The molecule has 10 N–H and O–H groups in total. The number of nitrogens with zero attached hydrogens (tertiary/aromatic N) is 1. The Morgan fingerprint density at radius 2 is 1.78 bits per heavy atom. The molecule has 5 heterocycles. The summed E-state index contributed by atoms with van der Waals surface area (Å²) in [5, 5.41) is 116. The maximum atomic E-state index is 16.3. The van der Waals surface area contributed by atoms with Crippen molar-refractivity contribution in [2.45, 2.75) is 171 Å². The number of aliphatic hydroxyl groups is 8. The number of benzene rings is 1. The minimum Gasteiger partial charge on any atom is -0.508 e. The van der Waals surface area contributed by atoms with Crippen LogP contribution in [0.4, 0.5) is 5.69 Å². The van der Waals surface area contributed by atoms with Crippen LogP contribution in [0.15, 0.2) is 42.0 Å². The van der Waals surface area contributed by atoms with Crippen molar-refractivity contribution in [3.05, 3.63) is 47.6 Å². The van der Waals surface area contributed by atoms with Crippen LogP contribution in [0.5, 0.6) is 5.75 Å². The van der Waals surface area contributed by atoms with Crippen LogP contribution in [0, 0.1) is 74.4 Å². The van der Waals surface area contributed by atoms with Gasteiger partial charge in [-0.15, -0.1) is 0 Å². The van der Waals surface area contributed by atoms with E-state index in [-0.39, 0.29) is 80.3 Å². The average Bonchev–Trinajstić information content (AvgIpc) is 4.27. The standard InChI is InChI=1S/C60H88N2O13S2/c1-34(2)35(3)48-50(75-48)58(72)16-9-12-38-24-43-44-26-46(66)57(27-47(67)55(71,33-64)31-53(43,57)4)52(70)77-76-30-40-11-8-10-39(29-63)60(40)51(69)62(32-54(60)17-14-37(49(54)68)28-61-20-6-7-21-74-5)41-22-36(23-42(65)25-41)13-18-56(38)45(58)15-19-59(44,56)73/h9,12,22-23,25-26,34-35,37-40,43,45,47-50,52,61,63-65,67-68,70-73H,6-8,10-11,13-21,24,27-33H2,1-5H3/t35-,37-,38+,39-,40-,43+,45+,47-,48+,49-,50-,52+,53-,54-,55-,56-,57+,58-,59-,60+/m1/s1. The van der Waals surface area contributed by atoms with E-state index >= 15 is 9.59 Å². The van der Waals surface area contributed by atoms with Gasteiger partial charge in [0.15, 0.2) is 5.78 Å². The number of phenols is 1. The molecule has 5 aliphatic heterocycles. The average molecular weight is 1110 g/mol. The second-order valence-electron chi connectivity index (χ2n) is 26.8. The number of fused-ring (bicyclic) bond motifs is 1. The van der Waals surface area contributed by atoms with Crippen LogP contribution >= 0.6 is 21.6 Å². The summed E-state index contributed by atoms with van der Waals surface area (Å²) in [6, 6.07) is 5.29. The Morgan fingerprint density at radius 3 is 2.52 bits per heavy atom. The third-order valence-electron chi connectivity index (χ3n) is 23.6. The van der Waals surface area contributed by atoms with E-state index in [9.17, 15) is 46.0 Å². The molecular weight excluding hydrogens is 1020 g/mol. The third kappa shape index (κ3) is 7.97. The van der Waals surface area contributed by atoms with Crippen molar-refractivity contribution in [1.82, 2.24) is 5.32 Å². The molecule has 17 heteroatoms. The first-order valence-electron chi connectivity index (χ1n) is 29.3. The maximum Gasteiger partial charge on any atom is 0.234 e. The summed E-state index contributed by atoms with van der Waals surface area (Å²) in [4.78, 5) is 33.9. The van der Waals surface area contributed by atoms with Gasteiger partial charge in [0, 0.05) is 67.7 Å². The fourth-order valence-electron chi connectivity index (χ4n) is 19.4. The number of methoxy groups -OCH3 is 1. The number of rotatable bonds is 12. The Kier molecular flexibility index (Phi) is 15.0. The summed E-state index contributed by atoms with van der Waals surface area (Å²) in [6.07, 6.45) is 8.78. The number of nitrogens with one attached hydrogen (secondary N) is 1. The number of allylic oxidation sites excluding steroid dienone is 2. The van der Waals surface area contributed by atoms with Crippen LogP contribution in [-0.2, 0) is 25.5 Å². The molecule has 12 aliphatic rings. The van der Waals surface area contributed by atoms with Gasteiger partial charge < -0.3 is 65.6 Å². The molecule has 2 saturated heterocycles. The number of amides is 1. The number of ether oxygens (including phenoxy) is 2. The lowest BCUT2D eigenvalue weighted by atomic mass is 9.38. The number of carbonyl (C=O) groups excluding carboxylic acids is 2. The van der Waals surface area contributed by atoms with Crippen molar-refractivity contribution in [2.75, 3.05) is 57.2 Å². The second-order valence-corrected chi connectivity index (χ2v) is 29.3. The molecule has 0 radical (unpaired) electrons. The van der Waals surface area contributed by atoms with Gasteiger partial charge in [-0.05, 0) is 173 Å². The number of epoxide rings is 1. The lowest BCUT2D eigenvalue weighted by molar-refractivity contribution is -0.235. The van der Waals surface area contributed by atoms with Gasteiger partial charge in [-0.1, -0.05) is 67.9 Å². The number of anilines is 1. The Balaban J connectivity index is 1.07. The molecule has 77 heavy (non-hydrogen) atoms. The number of unbranched alkanes of at least 4 members (excludes halogenated alkanes) is 1. The molecule has 5 saturated carbocycles. The molecule has 4 spiro atoms. The molecule has 8 bridgehead atoms. The van der Waals surface area contributed by atoms with Crippen LogP contribution in [0.1, 0.15) is 123 Å². The molecule has 7 fully saturated rings. The summed E-state index contributed by atoms with van der Waals surface area (Å²) >= 11 is 0. The largest absolute Gasteiger partial charge is 0.508 e. The fraction of sp³-hybridized carbons (Fsp3) is 0.800. The van der Waals surface area contributed by atoms with Gasteiger partial charge in [0.2, 0.25) is 5.91 Å². The van der Waals surface area contributed by atoms with Crippen LogP contribution in [-0.4, -0.2) is 157 Å². The van der Waals surface area contributed by atoms with E-state index in [0.29, 0.717) is 81.5 Å². The fourth-order valence-corrected chi connectivity index (χ4v) is 22.5. The SMILES string of the molecule is COCCCCNC[C@H]1CC[C@@]2(CN3C(=O)[C@]24[C@H](CCC[C@@H]4CO)CSS[C@H](O)[C@@]24C[C@@H](O)[C@](O)(CO)C[C@]2(C)[C@H]2C[C@@H]5C=CC[C@](O)([C@@H]6O[C@H]6[C@H](C)C(C)C)[C@H]6CC[C@@](O)(C2=CC4=O)[C@@]65CCc2cc(O)cc3c2)[C@@H]1O. The Hall–Kier alpha value is -2.10. The molecule has 13 rings (SSSR count). The summed E-state index contributed by atoms with van der Waals surface area (Å²) in [6.45, 7) is 9.42. The van der Waals surface area contributed by atoms with E-state index in [1.807, 2.05) is 19.1 Å². The van der Waals surface area contributed by atoms with E-state index < -0.39 is 104 Å². The molecule has 1 aromatic carbocycles. The Bertz CT molecular complexity index is 2500. The zero-order chi connectivity index (χ0) is 54.9. The maximum absolute atomic E-state index is 16.3. The number of aliphatic hydroxyl groups excluding tert-OH is 5. The van der Waals surface area contributed by atoms with E-state index in [1.165, 1.54) is 10.8 Å². The van der Waals surface area contributed by atoms with Crippen molar-refractivity contribution in [1.29, 1.82) is 0 Å². The molecule has 0 aromatic heterocycles. The summed E-state index contributed by atoms with van der Waals surface area (Å²) in [5.41, 5.74) is -11.2. The molecule has 428 valence electrons. The summed E-state index contributed by atoms with van der Waals surface area (Å²) in [5.74, 6) is -2.54. The minimum absolute atomic E-state index is 0.0390. The highest BCUT2D eigenvalue weighted by Gasteiger charge is 2.79. The lowest BCUT2D eigenvalue weighted by Gasteiger charge is -2.68. The molecule has 0 unspecified atom stereocenters. The van der Waals surface area contributed by atoms with Crippen LogP contribution < -0.4 is 10.2 Å². The van der Waals surface area contributed by atoms with Gasteiger partial charge in [0.25, 0.3) is 0 Å². The number of phenolic OH excluding ortho intramolecular Hbond substituents is 1. The predicted molar refractivity (Wildman–Crippen MR) is 294 cm³/mol. The molecule has 20 atom stereocenters. The molecular formula is C60H88N2O13S2. The third-order valence-corrected chi connectivity index (χ3v) is 26.2. The molecule has 1 amide bonds. The van der Waals surface area contributed by atoms with Gasteiger partial charge in [0.05, 0.1) is 41.3 Å². The number of carbonyl (C=O) groups is 2.